The average molecular weight is 331 g/mol. The van der Waals surface area contributed by atoms with E-state index in [1.807, 2.05) is 12.1 Å². The molecule has 1 heterocycles. The zero-order valence-electron chi connectivity index (χ0n) is 8.01. The van der Waals surface area contributed by atoms with Crippen molar-refractivity contribution in [3.8, 4) is 0 Å². The van der Waals surface area contributed by atoms with Crippen LogP contribution in [-0.2, 0) is 11.3 Å². The molecule has 0 saturated carbocycles. The van der Waals surface area contributed by atoms with E-state index >= 15 is 0 Å². The molecule has 1 aromatic heterocycles. The van der Waals surface area contributed by atoms with Crippen LogP contribution in [-0.4, -0.2) is 26.2 Å². The van der Waals surface area contributed by atoms with Crippen LogP contribution in [0.15, 0.2) is 16.5 Å². The van der Waals surface area contributed by atoms with E-state index < -0.39 is 13.0 Å². The van der Waals surface area contributed by atoms with E-state index in [-0.39, 0.29) is 6.61 Å². The fourth-order valence-corrected chi connectivity index (χ4v) is 1.44. The highest BCUT2D eigenvalue weighted by Crippen LogP contribution is 2.09. The molecule has 0 radical (unpaired) electrons. The van der Waals surface area contributed by atoms with Crippen LogP contribution in [0.25, 0.3) is 0 Å². The van der Waals surface area contributed by atoms with Gasteiger partial charge in [-0.1, -0.05) is 0 Å². The van der Waals surface area contributed by atoms with Gasteiger partial charge >= 0.3 is 0 Å². The summed E-state index contributed by atoms with van der Waals surface area (Å²) in [4.78, 5) is 0. The molecule has 0 spiro atoms. The number of nitrogens with one attached hydrogen (secondary N) is 1. The number of furan rings is 1. The van der Waals surface area contributed by atoms with Gasteiger partial charge in [-0.05, 0) is 34.7 Å². The first-order valence-corrected chi connectivity index (χ1v) is 5.57. The van der Waals surface area contributed by atoms with E-state index in [2.05, 4.69) is 27.9 Å². The lowest BCUT2D eigenvalue weighted by Gasteiger charge is -2.04. The Morgan fingerprint density at radius 2 is 2.27 bits per heavy atom. The summed E-state index contributed by atoms with van der Waals surface area (Å²) in [6, 6.07) is 3.74. The minimum absolute atomic E-state index is 0.280. The third-order valence-corrected chi connectivity index (χ3v) is 2.17. The maximum Gasteiger partial charge on any atom is 0.261 e. The summed E-state index contributed by atoms with van der Waals surface area (Å²) in [5.41, 5.74) is 0. The Morgan fingerprint density at radius 3 is 2.87 bits per heavy atom. The van der Waals surface area contributed by atoms with Crippen LogP contribution in [0.3, 0.4) is 0 Å². The predicted molar refractivity (Wildman–Crippen MR) is 60.0 cm³/mol. The summed E-state index contributed by atoms with van der Waals surface area (Å²) < 4.78 is 34.1. The van der Waals surface area contributed by atoms with Gasteiger partial charge in [0.2, 0.25) is 0 Å². The van der Waals surface area contributed by atoms with Gasteiger partial charge in [0.15, 0.2) is 3.77 Å². The van der Waals surface area contributed by atoms with Crippen molar-refractivity contribution in [1.29, 1.82) is 0 Å². The average Bonchev–Trinajstić information content (AvgIpc) is 2.57. The van der Waals surface area contributed by atoms with Crippen LogP contribution in [0.5, 0.6) is 0 Å². The van der Waals surface area contributed by atoms with Gasteiger partial charge in [0.1, 0.15) is 12.4 Å². The molecule has 86 valence electrons. The van der Waals surface area contributed by atoms with Gasteiger partial charge in [0.25, 0.3) is 6.43 Å². The van der Waals surface area contributed by atoms with Crippen molar-refractivity contribution in [1.82, 2.24) is 5.32 Å². The van der Waals surface area contributed by atoms with Gasteiger partial charge < -0.3 is 14.5 Å². The van der Waals surface area contributed by atoms with Crippen LogP contribution in [0.2, 0.25) is 0 Å². The molecule has 6 heteroatoms. The van der Waals surface area contributed by atoms with Gasteiger partial charge in [-0.2, -0.15) is 0 Å². The highest BCUT2D eigenvalue weighted by molar-refractivity contribution is 14.1. The van der Waals surface area contributed by atoms with Gasteiger partial charge in [-0.25, -0.2) is 8.78 Å². The number of hydrogen-bond acceptors (Lipinski definition) is 3. The molecule has 0 bridgehead atoms. The molecule has 1 rings (SSSR count). The molecule has 0 aliphatic heterocycles. The Bertz CT molecular complexity index is 281. The smallest absolute Gasteiger partial charge is 0.261 e. The summed E-state index contributed by atoms with van der Waals surface area (Å²) in [7, 11) is 0. The predicted octanol–water partition coefficient (Wildman–Crippen LogP) is 2.26. The molecule has 3 nitrogen and oxygen atoms in total. The van der Waals surface area contributed by atoms with Gasteiger partial charge in [-0.3, -0.25) is 0 Å². The Kier molecular flexibility index (Phi) is 6.11. The van der Waals surface area contributed by atoms with Crippen LogP contribution < -0.4 is 5.32 Å². The van der Waals surface area contributed by atoms with Crippen molar-refractivity contribution in [3.05, 3.63) is 21.7 Å². The van der Waals surface area contributed by atoms with E-state index in [0.29, 0.717) is 13.1 Å². The van der Waals surface area contributed by atoms with Crippen molar-refractivity contribution in [3.63, 3.8) is 0 Å². The molecule has 0 saturated heterocycles. The second-order valence-corrected chi connectivity index (χ2v) is 3.91. The standard InChI is InChI=1S/C9H12F2INO2/c10-8(11)6-14-4-3-13-5-7-1-2-9(12)15-7/h1-2,8,13H,3-6H2. The van der Waals surface area contributed by atoms with E-state index in [9.17, 15) is 8.78 Å². The highest BCUT2D eigenvalue weighted by atomic mass is 127. The SMILES string of the molecule is FC(F)COCCNCc1ccc(I)o1. The number of ether oxygens (including phenoxy) is 1. The zero-order valence-corrected chi connectivity index (χ0v) is 10.2. The van der Waals surface area contributed by atoms with Crippen LogP contribution >= 0.6 is 22.6 Å². The summed E-state index contributed by atoms with van der Waals surface area (Å²) in [6.07, 6.45) is -2.39. The lowest BCUT2D eigenvalue weighted by molar-refractivity contribution is 0.0186. The lowest BCUT2D eigenvalue weighted by atomic mass is 10.4. The Morgan fingerprint density at radius 1 is 1.47 bits per heavy atom. The minimum Gasteiger partial charge on any atom is -0.454 e. The first kappa shape index (κ1) is 12.9. The van der Waals surface area contributed by atoms with Gasteiger partial charge in [-0.15, -0.1) is 0 Å². The Labute approximate surface area is 100 Å². The number of alkyl halides is 2. The molecular weight excluding hydrogens is 319 g/mol. The van der Waals surface area contributed by atoms with E-state index in [1.165, 1.54) is 0 Å². The van der Waals surface area contributed by atoms with Crippen molar-refractivity contribution in [2.24, 2.45) is 0 Å². The molecule has 0 aromatic carbocycles. The molecule has 0 atom stereocenters. The first-order chi connectivity index (χ1) is 7.18. The summed E-state index contributed by atoms with van der Waals surface area (Å²) in [5, 5.41) is 3.02. The third-order valence-electron chi connectivity index (χ3n) is 1.60. The fourth-order valence-electron chi connectivity index (χ4n) is 0.975. The number of hydrogen-bond donors (Lipinski definition) is 1. The molecule has 1 N–H and O–H groups in total. The molecule has 1 aromatic rings. The largest absolute Gasteiger partial charge is 0.454 e. The molecule has 0 aliphatic carbocycles. The first-order valence-electron chi connectivity index (χ1n) is 4.49. The van der Waals surface area contributed by atoms with Crippen LogP contribution in [0.1, 0.15) is 5.76 Å². The maximum atomic E-state index is 11.7. The molecule has 0 fully saturated rings. The van der Waals surface area contributed by atoms with Crippen molar-refractivity contribution in [2.75, 3.05) is 19.8 Å². The topological polar surface area (TPSA) is 34.4 Å². The van der Waals surface area contributed by atoms with Crippen molar-refractivity contribution < 1.29 is 17.9 Å². The number of halogens is 3. The Balaban J connectivity index is 1.98. The summed E-state index contributed by atoms with van der Waals surface area (Å²) >= 11 is 2.08. The van der Waals surface area contributed by atoms with Crippen molar-refractivity contribution >= 4 is 22.6 Å². The minimum atomic E-state index is -2.39. The molecule has 0 unspecified atom stereocenters. The van der Waals surface area contributed by atoms with E-state index in [4.69, 9.17) is 9.15 Å². The second-order valence-electron chi connectivity index (χ2n) is 2.85. The fraction of sp³-hybridized carbons (Fsp3) is 0.556. The molecule has 15 heavy (non-hydrogen) atoms. The van der Waals surface area contributed by atoms with Crippen molar-refractivity contribution in [2.45, 2.75) is 13.0 Å². The molecular formula is C9H12F2INO2. The normalized spacial score (nSPS) is 11.2. The van der Waals surface area contributed by atoms with Gasteiger partial charge in [0, 0.05) is 6.54 Å². The van der Waals surface area contributed by atoms with E-state index in [0.717, 1.165) is 9.53 Å². The lowest BCUT2D eigenvalue weighted by Crippen LogP contribution is -2.20. The second kappa shape index (κ2) is 7.13. The summed E-state index contributed by atoms with van der Waals surface area (Å²) in [5.74, 6) is 0.827. The Hall–Kier alpha value is -0.210. The maximum absolute atomic E-state index is 11.7. The zero-order chi connectivity index (χ0) is 11.1. The van der Waals surface area contributed by atoms with Crippen LogP contribution in [0.4, 0.5) is 8.78 Å². The quantitative estimate of drug-likeness (QED) is 0.615. The monoisotopic (exact) mass is 331 g/mol. The van der Waals surface area contributed by atoms with Gasteiger partial charge in [0.05, 0.1) is 13.2 Å². The van der Waals surface area contributed by atoms with E-state index in [1.54, 1.807) is 0 Å². The summed E-state index contributed by atoms with van der Waals surface area (Å²) in [6.45, 7) is 0.896. The van der Waals surface area contributed by atoms with Crippen LogP contribution in [0, 0.1) is 3.77 Å². The molecule has 0 aliphatic rings. The number of rotatable bonds is 7. The highest BCUT2D eigenvalue weighted by Gasteiger charge is 2.01. The molecule has 0 amide bonds. The third kappa shape index (κ3) is 6.06.